The van der Waals surface area contributed by atoms with Crippen LogP contribution in [-0.4, -0.2) is 24.7 Å². The fraction of sp³-hybridized carbons (Fsp3) is 0.217. The molecule has 160 valence electrons. The first-order chi connectivity index (χ1) is 15.8. The predicted molar refractivity (Wildman–Crippen MR) is 131 cm³/mol. The van der Waals surface area contributed by atoms with Crippen LogP contribution < -0.4 is 5.56 Å². The summed E-state index contributed by atoms with van der Waals surface area (Å²) in [4.78, 5) is 22.7. The van der Waals surface area contributed by atoms with Crippen LogP contribution in [0.5, 0.6) is 0 Å². The molecule has 0 unspecified atom stereocenters. The number of thioether (sulfide) groups is 1. The van der Waals surface area contributed by atoms with E-state index in [0.29, 0.717) is 23.0 Å². The highest BCUT2D eigenvalue weighted by molar-refractivity contribution is 7.98. The summed E-state index contributed by atoms with van der Waals surface area (Å²) in [6.45, 7) is 0. The molecule has 0 spiro atoms. The van der Waals surface area contributed by atoms with Crippen LogP contribution in [0, 0.1) is 0 Å². The van der Waals surface area contributed by atoms with Crippen LogP contribution in [-0.2, 0) is 12.2 Å². The van der Waals surface area contributed by atoms with E-state index in [4.69, 9.17) is 4.98 Å². The molecule has 5 aromatic rings. The van der Waals surface area contributed by atoms with Crippen molar-refractivity contribution in [3.63, 3.8) is 0 Å². The Kier molecular flexibility index (Phi) is 5.17. The van der Waals surface area contributed by atoms with Crippen LogP contribution in [0.1, 0.15) is 35.4 Å². The van der Waals surface area contributed by atoms with Gasteiger partial charge in [0, 0.05) is 28.3 Å². The van der Waals surface area contributed by atoms with Crippen molar-refractivity contribution < 1.29 is 0 Å². The molecule has 1 saturated carbocycles. The third kappa shape index (κ3) is 3.80. The van der Waals surface area contributed by atoms with Gasteiger partial charge in [-0.3, -0.25) is 4.79 Å². The molecule has 1 N–H and O–H groups in total. The molecule has 32 heavy (non-hydrogen) atoms. The van der Waals surface area contributed by atoms with Gasteiger partial charge < -0.3 is 9.55 Å². The van der Waals surface area contributed by atoms with E-state index in [2.05, 4.69) is 37.3 Å². The Balaban J connectivity index is 1.26. The third-order valence-electron chi connectivity index (χ3n) is 5.48. The Hall–Kier alpha value is -2.75. The van der Waals surface area contributed by atoms with Crippen LogP contribution in [0.4, 0.5) is 0 Å². The number of thiophene rings is 2. The maximum Gasteiger partial charge on any atom is 0.260 e. The summed E-state index contributed by atoms with van der Waals surface area (Å²) in [5.41, 5.74) is 1.88. The van der Waals surface area contributed by atoms with Gasteiger partial charge in [-0.05, 0) is 29.9 Å². The lowest BCUT2D eigenvalue weighted by atomic mass is 10.1. The van der Waals surface area contributed by atoms with Gasteiger partial charge in [0.1, 0.15) is 16.5 Å². The van der Waals surface area contributed by atoms with Crippen LogP contribution in [0.15, 0.2) is 63.2 Å². The van der Waals surface area contributed by atoms with Gasteiger partial charge in [-0.25, -0.2) is 4.98 Å². The number of hydrogen-bond acceptors (Lipinski definition) is 7. The second kappa shape index (κ2) is 8.31. The number of H-pyrrole nitrogens is 1. The van der Waals surface area contributed by atoms with Gasteiger partial charge in [0.05, 0.1) is 11.1 Å². The number of hydrogen-bond donors (Lipinski definition) is 1. The molecule has 0 bridgehead atoms. The molecule has 4 aromatic heterocycles. The molecule has 4 heterocycles. The normalized spacial score (nSPS) is 13.8. The summed E-state index contributed by atoms with van der Waals surface area (Å²) in [5.74, 6) is 2.23. The molecule has 9 heteroatoms. The summed E-state index contributed by atoms with van der Waals surface area (Å²) < 4.78 is 2.28. The number of fused-ring (bicyclic) bond motifs is 1. The van der Waals surface area contributed by atoms with E-state index in [-0.39, 0.29) is 5.56 Å². The Bertz CT molecular complexity index is 1430. The average Bonchev–Trinajstić information content (AvgIpc) is 3.19. The molecule has 0 atom stereocenters. The van der Waals surface area contributed by atoms with E-state index >= 15 is 0 Å². The molecule has 1 fully saturated rings. The molecule has 1 aromatic carbocycles. The Morgan fingerprint density at radius 2 is 1.97 bits per heavy atom. The van der Waals surface area contributed by atoms with E-state index in [1.54, 1.807) is 23.1 Å². The lowest BCUT2D eigenvalue weighted by Gasteiger charge is -2.08. The Labute approximate surface area is 196 Å². The van der Waals surface area contributed by atoms with Gasteiger partial charge in [-0.15, -0.1) is 32.9 Å². The van der Waals surface area contributed by atoms with Crippen LogP contribution in [0.2, 0.25) is 0 Å². The molecule has 0 amide bonds. The smallest absolute Gasteiger partial charge is 0.260 e. The zero-order valence-corrected chi connectivity index (χ0v) is 19.5. The monoisotopic (exact) mass is 477 g/mol. The fourth-order valence-corrected chi connectivity index (χ4v) is 6.38. The van der Waals surface area contributed by atoms with Gasteiger partial charge in [0.15, 0.2) is 5.16 Å². The fourth-order valence-electron chi connectivity index (χ4n) is 3.82. The minimum atomic E-state index is -0.0900. The molecule has 1 aliphatic rings. The second-order valence-electron chi connectivity index (χ2n) is 7.75. The first-order valence-corrected chi connectivity index (χ1v) is 13.2. The summed E-state index contributed by atoms with van der Waals surface area (Å²) in [6.07, 6.45) is 3.14. The number of rotatable bonds is 7. The molecule has 0 radical (unpaired) electrons. The lowest BCUT2D eigenvalue weighted by Crippen LogP contribution is -2.11. The first-order valence-electron chi connectivity index (χ1n) is 10.4. The predicted octanol–water partition coefficient (Wildman–Crippen LogP) is 5.52. The topological polar surface area (TPSA) is 76.5 Å². The van der Waals surface area contributed by atoms with Crippen LogP contribution in [0.25, 0.3) is 21.3 Å². The van der Waals surface area contributed by atoms with Crippen LogP contribution >= 0.6 is 34.4 Å². The summed E-state index contributed by atoms with van der Waals surface area (Å²) >= 11 is 4.84. The van der Waals surface area contributed by atoms with Crippen molar-refractivity contribution in [2.24, 2.45) is 0 Å². The molecule has 0 aliphatic heterocycles. The SMILES string of the molecule is O=c1[nH]c(CSc2nnc(Cc3cccs3)n2C2CC2)nc2scc(-c3ccccc3)c12. The summed E-state index contributed by atoms with van der Waals surface area (Å²) in [7, 11) is 0. The number of benzene rings is 1. The number of nitrogens with zero attached hydrogens (tertiary/aromatic N) is 4. The maximum atomic E-state index is 12.9. The van der Waals surface area contributed by atoms with Gasteiger partial charge >= 0.3 is 0 Å². The van der Waals surface area contributed by atoms with E-state index in [1.165, 1.54) is 29.1 Å². The van der Waals surface area contributed by atoms with Crippen molar-refractivity contribution in [3.05, 3.63) is 80.1 Å². The van der Waals surface area contributed by atoms with E-state index in [0.717, 1.165) is 33.4 Å². The highest BCUT2D eigenvalue weighted by Gasteiger charge is 2.29. The largest absolute Gasteiger partial charge is 0.309 e. The van der Waals surface area contributed by atoms with E-state index in [1.807, 2.05) is 35.7 Å². The van der Waals surface area contributed by atoms with Crippen molar-refractivity contribution in [2.75, 3.05) is 0 Å². The molecular formula is C23H19N5OS3. The molecular weight excluding hydrogens is 458 g/mol. The quantitative estimate of drug-likeness (QED) is 0.312. The average molecular weight is 478 g/mol. The third-order valence-corrected chi connectivity index (χ3v) is 8.18. The minimum absolute atomic E-state index is 0.0900. The zero-order valence-electron chi connectivity index (χ0n) is 17.0. The lowest BCUT2D eigenvalue weighted by molar-refractivity contribution is 0.635. The molecule has 1 aliphatic carbocycles. The van der Waals surface area contributed by atoms with Crippen LogP contribution in [0.3, 0.4) is 0 Å². The number of nitrogens with one attached hydrogen (secondary N) is 1. The molecule has 0 saturated heterocycles. The molecule has 6 rings (SSSR count). The van der Waals surface area contributed by atoms with Crippen molar-refractivity contribution in [1.82, 2.24) is 24.7 Å². The Morgan fingerprint density at radius 3 is 2.75 bits per heavy atom. The molecule has 6 nitrogen and oxygen atoms in total. The maximum absolute atomic E-state index is 12.9. The number of aromatic nitrogens is 5. The Morgan fingerprint density at radius 1 is 1.09 bits per heavy atom. The van der Waals surface area contributed by atoms with Gasteiger partial charge in [-0.2, -0.15) is 0 Å². The van der Waals surface area contributed by atoms with Gasteiger partial charge in [0.2, 0.25) is 0 Å². The minimum Gasteiger partial charge on any atom is -0.309 e. The van der Waals surface area contributed by atoms with E-state index < -0.39 is 0 Å². The summed E-state index contributed by atoms with van der Waals surface area (Å²) in [5, 5.41) is 14.6. The van der Waals surface area contributed by atoms with Crippen molar-refractivity contribution >= 4 is 44.7 Å². The van der Waals surface area contributed by atoms with Crippen molar-refractivity contribution in [2.45, 2.75) is 36.2 Å². The zero-order chi connectivity index (χ0) is 21.5. The first kappa shape index (κ1) is 19.9. The standard InChI is InChI=1S/C23H19N5OS3/c29-21-20-17(14-5-2-1-3-6-14)12-31-22(20)25-18(24-21)13-32-23-27-26-19(28(23)15-8-9-15)11-16-7-4-10-30-16/h1-7,10,12,15H,8-9,11,13H2,(H,24,25,29). The van der Waals surface area contributed by atoms with Gasteiger partial charge in [-0.1, -0.05) is 48.2 Å². The summed E-state index contributed by atoms with van der Waals surface area (Å²) in [6, 6.07) is 14.7. The van der Waals surface area contributed by atoms with Crippen molar-refractivity contribution in [3.8, 4) is 11.1 Å². The number of aromatic amines is 1. The second-order valence-corrected chi connectivity index (χ2v) is 10.6. The van der Waals surface area contributed by atoms with E-state index in [9.17, 15) is 4.79 Å². The highest BCUT2D eigenvalue weighted by Crippen LogP contribution is 2.40. The highest BCUT2D eigenvalue weighted by atomic mass is 32.2. The van der Waals surface area contributed by atoms with Crippen molar-refractivity contribution in [1.29, 1.82) is 0 Å². The van der Waals surface area contributed by atoms with Gasteiger partial charge in [0.25, 0.3) is 5.56 Å².